The Kier molecular flexibility index (Phi) is 13.5. The zero-order valence-corrected chi connectivity index (χ0v) is 22.6. The molecule has 36 heavy (non-hydrogen) atoms. The van der Waals surface area contributed by atoms with E-state index >= 15 is 0 Å². The van der Waals surface area contributed by atoms with Gasteiger partial charge in [0, 0.05) is 17.8 Å². The molecule has 0 aromatic heterocycles. The SMILES string of the molecule is BC(=O)CNC(=O)[C@H](CCCNC(N)=O)NC(=O)C(NC(=O)c1ccc(NC(=O)CI)cc1)C(C)C. The minimum Gasteiger partial charge on any atom is -0.352 e. The molecule has 0 saturated carbocycles. The number of nitrogens with two attached hydrogens (primary N) is 1. The number of nitrogens with one attached hydrogen (secondary N) is 5. The number of amides is 6. The van der Waals surface area contributed by atoms with Crippen LogP contribution >= 0.6 is 22.6 Å². The standard InChI is InChI=1S/C22H32BIN6O6/c1-12(2)18(30-19(33)13-5-7-14(8-6-13)28-17(32)10-24)21(35)29-15(4-3-9-26-22(25)36)20(34)27-11-16(23)31/h5-8,12,15,18H,3-4,9-11,23H2,1-2H3,(H,27,34)(H,28,32)(H,29,35)(H,30,33)(H3,25,26,36)/t15-,18?/m0/s1. The van der Waals surface area contributed by atoms with E-state index in [1.54, 1.807) is 26.0 Å². The fraction of sp³-hybridized carbons (Fsp3) is 0.455. The number of benzene rings is 1. The average molecular weight is 614 g/mol. The number of primary amides is 1. The Morgan fingerprint density at radius 2 is 1.61 bits per heavy atom. The Hall–Kier alpha value is -3.17. The normalized spacial score (nSPS) is 12.1. The maximum Gasteiger partial charge on any atom is 0.312 e. The molecule has 0 bridgehead atoms. The Morgan fingerprint density at radius 1 is 0.972 bits per heavy atom. The van der Waals surface area contributed by atoms with E-state index in [0.29, 0.717) is 16.5 Å². The van der Waals surface area contributed by atoms with Crippen molar-refractivity contribution in [1.29, 1.82) is 0 Å². The van der Waals surface area contributed by atoms with Gasteiger partial charge < -0.3 is 37.1 Å². The van der Waals surface area contributed by atoms with E-state index in [1.165, 1.54) is 20.0 Å². The molecule has 0 spiro atoms. The number of hydrogen-bond donors (Lipinski definition) is 6. The maximum absolute atomic E-state index is 13.0. The van der Waals surface area contributed by atoms with Gasteiger partial charge >= 0.3 is 6.03 Å². The lowest BCUT2D eigenvalue weighted by Crippen LogP contribution is -2.55. The van der Waals surface area contributed by atoms with Crippen LogP contribution in [-0.2, 0) is 19.2 Å². The van der Waals surface area contributed by atoms with Crippen molar-refractivity contribution >= 4 is 71.5 Å². The first-order valence-corrected chi connectivity index (χ1v) is 12.8. The first-order chi connectivity index (χ1) is 16.9. The molecule has 0 radical (unpaired) electrons. The number of urea groups is 1. The van der Waals surface area contributed by atoms with Crippen molar-refractivity contribution in [2.24, 2.45) is 11.7 Å². The van der Waals surface area contributed by atoms with E-state index in [9.17, 15) is 28.8 Å². The number of carbonyl (C=O) groups is 6. The maximum atomic E-state index is 13.0. The average Bonchev–Trinajstić information content (AvgIpc) is 2.82. The summed E-state index contributed by atoms with van der Waals surface area (Å²) >= 11 is 1.94. The van der Waals surface area contributed by atoms with E-state index in [-0.39, 0.29) is 42.6 Å². The summed E-state index contributed by atoms with van der Waals surface area (Å²) in [5.74, 6) is -2.12. The van der Waals surface area contributed by atoms with E-state index in [2.05, 4.69) is 26.6 Å². The van der Waals surface area contributed by atoms with Gasteiger partial charge in [-0.25, -0.2) is 4.79 Å². The smallest absolute Gasteiger partial charge is 0.312 e. The summed E-state index contributed by atoms with van der Waals surface area (Å²) < 4.78 is 0.292. The van der Waals surface area contributed by atoms with Gasteiger partial charge in [-0.15, -0.1) is 0 Å². The molecule has 0 aliphatic heterocycles. The van der Waals surface area contributed by atoms with Crippen molar-refractivity contribution in [2.45, 2.75) is 38.8 Å². The van der Waals surface area contributed by atoms with Crippen molar-refractivity contribution in [3.63, 3.8) is 0 Å². The van der Waals surface area contributed by atoms with Crippen molar-refractivity contribution in [3.05, 3.63) is 29.8 Å². The Balaban J connectivity index is 2.89. The zero-order chi connectivity index (χ0) is 27.3. The molecule has 0 aliphatic rings. The topological polar surface area (TPSA) is 189 Å². The Morgan fingerprint density at radius 3 is 2.14 bits per heavy atom. The number of halogens is 1. The van der Waals surface area contributed by atoms with Gasteiger partial charge in [0.1, 0.15) is 17.8 Å². The van der Waals surface area contributed by atoms with Crippen LogP contribution in [0, 0.1) is 5.92 Å². The van der Waals surface area contributed by atoms with Crippen LogP contribution in [0.1, 0.15) is 37.0 Å². The summed E-state index contributed by atoms with van der Waals surface area (Å²) in [6.45, 7) is 3.49. The third-order valence-corrected chi connectivity index (χ3v) is 5.59. The fourth-order valence-electron chi connectivity index (χ4n) is 3.04. The van der Waals surface area contributed by atoms with Crippen molar-refractivity contribution < 1.29 is 28.8 Å². The van der Waals surface area contributed by atoms with Crippen molar-refractivity contribution in [1.82, 2.24) is 21.3 Å². The summed E-state index contributed by atoms with van der Waals surface area (Å²) in [6, 6.07) is 3.56. The predicted molar refractivity (Wildman–Crippen MR) is 145 cm³/mol. The highest BCUT2D eigenvalue weighted by atomic mass is 127. The zero-order valence-electron chi connectivity index (χ0n) is 20.5. The molecule has 14 heteroatoms. The largest absolute Gasteiger partial charge is 0.352 e. The summed E-state index contributed by atoms with van der Waals surface area (Å²) in [5.41, 5.74) is 5.61. The lowest BCUT2D eigenvalue weighted by atomic mass is 10.0. The third kappa shape index (κ3) is 11.5. The molecule has 12 nitrogen and oxygen atoms in total. The molecule has 0 fully saturated rings. The van der Waals surface area contributed by atoms with Gasteiger partial charge in [0.2, 0.25) is 17.7 Å². The van der Waals surface area contributed by atoms with Gasteiger partial charge in [-0.05, 0) is 43.0 Å². The molecule has 0 aliphatic carbocycles. The van der Waals surface area contributed by atoms with Crippen molar-refractivity contribution in [2.75, 3.05) is 22.8 Å². The van der Waals surface area contributed by atoms with Gasteiger partial charge in [-0.1, -0.05) is 36.4 Å². The highest BCUT2D eigenvalue weighted by molar-refractivity contribution is 14.1. The molecule has 1 aromatic carbocycles. The van der Waals surface area contributed by atoms with Gasteiger partial charge in [0.05, 0.1) is 11.0 Å². The minimum atomic E-state index is -0.995. The number of hydrogen-bond acceptors (Lipinski definition) is 6. The molecule has 1 aromatic rings. The predicted octanol–water partition coefficient (Wildman–Crippen LogP) is -0.976. The van der Waals surface area contributed by atoms with Gasteiger partial charge in [0.25, 0.3) is 5.91 Å². The number of rotatable bonds is 14. The van der Waals surface area contributed by atoms with Gasteiger partial charge in [-0.2, -0.15) is 0 Å². The van der Waals surface area contributed by atoms with E-state index in [4.69, 9.17) is 5.73 Å². The molecule has 0 heterocycles. The number of anilines is 1. The Labute approximate surface area is 224 Å². The molecule has 1 unspecified atom stereocenters. The van der Waals surface area contributed by atoms with Gasteiger partial charge in [-0.3, -0.25) is 19.2 Å². The molecule has 6 amide bonds. The van der Waals surface area contributed by atoms with Crippen LogP contribution in [0.4, 0.5) is 10.5 Å². The molecule has 196 valence electrons. The molecular weight excluding hydrogens is 582 g/mol. The highest BCUT2D eigenvalue weighted by Gasteiger charge is 2.29. The van der Waals surface area contributed by atoms with Crippen LogP contribution in [0.25, 0.3) is 0 Å². The quantitative estimate of drug-likeness (QED) is 0.0677. The lowest BCUT2D eigenvalue weighted by Gasteiger charge is -2.25. The molecule has 2 atom stereocenters. The molecule has 0 saturated heterocycles. The monoisotopic (exact) mass is 614 g/mol. The van der Waals surface area contributed by atoms with Crippen LogP contribution in [0.3, 0.4) is 0 Å². The summed E-state index contributed by atoms with van der Waals surface area (Å²) in [7, 11) is 1.32. The summed E-state index contributed by atoms with van der Waals surface area (Å²) in [4.78, 5) is 72.0. The van der Waals surface area contributed by atoms with Crippen LogP contribution in [-0.4, -0.2) is 72.8 Å². The first kappa shape index (κ1) is 30.9. The molecular formula is C22H32BIN6O6. The Bertz CT molecular complexity index is 959. The highest BCUT2D eigenvalue weighted by Crippen LogP contribution is 2.12. The van der Waals surface area contributed by atoms with Crippen molar-refractivity contribution in [3.8, 4) is 0 Å². The third-order valence-electron chi connectivity index (χ3n) is 4.90. The first-order valence-electron chi connectivity index (χ1n) is 11.3. The van der Waals surface area contributed by atoms with E-state index in [0.717, 1.165) is 0 Å². The molecule has 7 N–H and O–H groups in total. The minimum absolute atomic E-state index is 0.166. The summed E-state index contributed by atoms with van der Waals surface area (Å²) in [5, 5.41) is 12.9. The second-order valence-corrected chi connectivity index (χ2v) is 9.13. The second-order valence-electron chi connectivity index (χ2n) is 8.37. The number of alkyl halides is 1. The van der Waals surface area contributed by atoms with Crippen LogP contribution in [0.5, 0.6) is 0 Å². The van der Waals surface area contributed by atoms with Crippen LogP contribution in [0.2, 0.25) is 0 Å². The fourth-order valence-corrected chi connectivity index (χ4v) is 3.23. The van der Waals surface area contributed by atoms with Crippen LogP contribution < -0.4 is 32.3 Å². The van der Waals surface area contributed by atoms with Crippen LogP contribution in [0.15, 0.2) is 24.3 Å². The van der Waals surface area contributed by atoms with E-state index in [1.807, 2.05) is 22.6 Å². The summed E-state index contributed by atoms with van der Waals surface area (Å²) in [6.07, 6.45) is 0.499. The second kappa shape index (κ2) is 15.8. The number of carbonyl (C=O) groups excluding carboxylic acids is 6. The van der Waals surface area contributed by atoms with Gasteiger partial charge in [0.15, 0.2) is 7.85 Å². The molecule has 1 rings (SSSR count). The lowest BCUT2D eigenvalue weighted by molar-refractivity contribution is -0.131. The van der Waals surface area contributed by atoms with E-state index < -0.39 is 35.8 Å².